The molecule has 1 saturated heterocycles. The Labute approximate surface area is 183 Å². The van der Waals surface area contributed by atoms with Crippen molar-refractivity contribution in [2.24, 2.45) is 11.8 Å². The van der Waals surface area contributed by atoms with Crippen molar-refractivity contribution in [3.05, 3.63) is 16.0 Å². The number of hydrogen-bond acceptors (Lipinski definition) is 5. The second-order valence-electron chi connectivity index (χ2n) is 9.04. The third-order valence-electron chi connectivity index (χ3n) is 6.99. The van der Waals surface area contributed by atoms with Gasteiger partial charge in [0.2, 0.25) is 5.91 Å². The standard InChI is InChI=1S/C23H35N3O3S/c1-29-13-11-24-22(28)21-18-8-4-5-9-19(18)30-23(21)25-20(27)15-26-12-10-16-6-2-3-7-17(16)14-26/h16-17H,2-15H2,1H3,(H,24,28)(H,25,27)/t16-,17+/m0/s1. The van der Waals surface area contributed by atoms with Gasteiger partial charge in [-0.15, -0.1) is 11.3 Å². The second kappa shape index (κ2) is 10.2. The highest BCUT2D eigenvalue weighted by Gasteiger charge is 2.32. The number of piperidine rings is 1. The predicted octanol–water partition coefficient (Wildman–Crippen LogP) is 3.45. The summed E-state index contributed by atoms with van der Waals surface area (Å²) in [4.78, 5) is 29.3. The molecule has 7 heteroatoms. The molecule has 2 heterocycles. The average molecular weight is 434 g/mol. The minimum Gasteiger partial charge on any atom is -0.383 e. The van der Waals surface area contributed by atoms with Crippen molar-refractivity contribution in [1.82, 2.24) is 10.2 Å². The summed E-state index contributed by atoms with van der Waals surface area (Å²) in [6, 6.07) is 0. The van der Waals surface area contributed by atoms with E-state index in [1.54, 1.807) is 18.4 Å². The van der Waals surface area contributed by atoms with Crippen LogP contribution in [0.15, 0.2) is 0 Å². The van der Waals surface area contributed by atoms with Gasteiger partial charge in [0, 0.05) is 25.1 Å². The number of rotatable bonds is 7. The maximum absolute atomic E-state index is 12.9. The summed E-state index contributed by atoms with van der Waals surface area (Å²) in [7, 11) is 1.63. The first kappa shape index (κ1) is 21.8. The number of anilines is 1. The third kappa shape index (κ3) is 5.06. The van der Waals surface area contributed by atoms with Crippen molar-refractivity contribution in [3.8, 4) is 0 Å². The van der Waals surface area contributed by atoms with Gasteiger partial charge < -0.3 is 15.4 Å². The van der Waals surface area contributed by atoms with Crippen molar-refractivity contribution >= 4 is 28.2 Å². The lowest BCUT2D eigenvalue weighted by Crippen LogP contribution is -2.44. The molecule has 2 N–H and O–H groups in total. The highest BCUT2D eigenvalue weighted by Crippen LogP contribution is 2.39. The van der Waals surface area contributed by atoms with E-state index in [4.69, 9.17) is 4.74 Å². The molecule has 1 aromatic rings. The van der Waals surface area contributed by atoms with E-state index in [2.05, 4.69) is 15.5 Å². The number of aryl methyl sites for hydroxylation is 1. The SMILES string of the molecule is COCCNC(=O)c1c(NC(=O)CN2CC[C@@H]3CCCC[C@@H]3C2)sc2c1CCCC2. The fraction of sp³-hybridized carbons (Fsp3) is 0.739. The second-order valence-corrected chi connectivity index (χ2v) is 10.1. The molecule has 4 rings (SSSR count). The zero-order valence-corrected chi connectivity index (χ0v) is 19.0. The minimum absolute atomic E-state index is 0.00815. The molecular weight excluding hydrogens is 398 g/mol. The molecule has 3 aliphatic rings. The molecule has 30 heavy (non-hydrogen) atoms. The van der Waals surface area contributed by atoms with Crippen molar-refractivity contribution in [2.45, 2.75) is 57.8 Å². The molecule has 0 radical (unpaired) electrons. The molecule has 1 aromatic heterocycles. The van der Waals surface area contributed by atoms with Crippen LogP contribution in [0.1, 0.15) is 65.7 Å². The largest absolute Gasteiger partial charge is 0.383 e. The zero-order chi connectivity index (χ0) is 20.9. The molecule has 2 amide bonds. The fourth-order valence-electron chi connectivity index (χ4n) is 5.44. The van der Waals surface area contributed by atoms with Crippen molar-refractivity contribution < 1.29 is 14.3 Å². The smallest absolute Gasteiger partial charge is 0.254 e. The lowest BCUT2D eigenvalue weighted by Gasteiger charge is -2.41. The van der Waals surface area contributed by atoms with Gasteiger partial charge >= 0.3 is 0 Å². The zero-order valence-electron chi connectivity index (χ0n) is 18.1. The Kier molecular flexibility index (Phi) is 7.44. The molecule has 0 unspecified atom stereocenters. The Morgan fingerprint density at radius 3 is 2.73 bits per heavy atom. The summed E-state index contributed by atoms with van der Waals surface area (Å²) in [5, 5.41) is 6.78. The first-order valence-electron chi connectivity index (χ1n) is 11.6. The van der Waals surface area contributed by atoms with Crippen LogP contribution in [0.5, 0.6) is 0 Å². The van der Waals surface area contributed by atoms with Gasteiger partial charge in [0.05, 0.1) is 18.7 Å². The lowest BCUT2D eigenvalue weighted by molar-refractivity contribution is -0.118. The summed E-state index contributed by atoms with van der Waals surface area (Å²) < 4.78 is 5.05. The van der Waals surface area contributed by atoms with Crippen LogP contribution < -0.4 is 10.6 Å². The molecule has 0 aromatic carbocycles. The Bertz CT molecular complexity index is 763. The summed E-state index contributed by atoms with van der Waals surface area (Å²) in [6.45, 7) is 3.44. The van der Waals surface area contributed by atoms with Gasteiger partial charge in [-0.05, 0) is 62.5 Å². The highest BCUT2D eigenvalue weighted by molar-refractivity contribution is 7.17. The van der Waals surface area contributed by atoms with E-state index in [1.165, 1.54) is 37.0 Å². The van der Waals surface area contributed by atoms with Crippen LogP contribution in [0.25, 0.3) is 0 Å². The number of carbonyl (C=O) groups excluding carboxylic acids is 2. The van der Waals surface area contributed by atoms with Crippen LogP contribution in [0, 0.1) is 11.8 Å². The number of nitrogens with zero attached hydrogens (tertiary/aromatic N) is 1. The summed E-state index contributed by atoms with van der Waals surface area (Å²) in [6.07, 6.45) is 10.8. The number of carbonyl (C=O) groups is 2. The maximum Gasteiger partial charge on any atom is 0.254 e. The molecular formula is C23H35N3O3S. The van der Waals surface area contributed by atoms with E-state index in [0.29, 0.717) is 25.3 Å². The van der Waals surface area contributed by atoms with Crippen LogP contribution in [0.4, 0.5) is 5.00 Å². The highest BCUT2D eigenvalue weighted by atomic mass is 32.1. The number of ether oxygens (including phenoxy) is 1. The molecule has 0 bridgehead atoms. The number of methoxy groups -OCH3 is 1. The molecule has 1 aliphatic heterocycles. The van der Waals surface area contributed by atoms with Gasteiger partial charge in [0.25, 0.3) is 5.91 Å². The molecule has 2 fully saturated rings. The monoisotopic (exact) mass is 433 g/mol. The van der Waals surface area contributed by atoms with E-state index in [9.17, 15) is 9.59 Å². The van der Waals surface area contributed by atoms with E-state index in [0.717, 1.165) is 61.2 Å². The van der Waals surface area contributed by atoms with E-state index < -0.39 is 0 Å². The normalized spacial score (nSPS) is 24.0. The summed E-state index contributed by atoms with van der Waals surface area (Å²) in [5.41, 5.74) is 1.82. The number of fused-ring (bicyclic) bond motifs is 2. The summed E-state index contributed by atoms with van der Waals surface area (Å²) >= 11 is 1.60. The number of thiophene rings is 1. The molecule has 6 nitrogen and oxygen atoms in total. The van der Waals surface area contributed by atoms with Crippen LogP contribution in [0.3, 0.4) is 0 Å². The molecule has 166 valence electrons. The summed E-state index contributed by atoms with van der Waals surface area (Å²) in [5.74, 6) is 1.54. The number of hydrogen-bond donors (Lipinski definition) is 2. The lowest BCUT2D eigenvalue weighted by atomic mass is 9.75. The first-order chi connectivity index (χ1) is 14.7. The molecule has 2 aliphatic carbocycles. The molecule has 1 saturated carbocycles. The topological polar surface area (TPSA) is 70.7 Å². The van der Waals surface area contributed by atoms with Crippen molar-refractivity contribution in [1.29, 1.82) is 0 Å². The van der Waals surface area contributed by atoms with Gasteiger partial charge in [0.15, 0.2) is 0 Å². The van der Waals surface area contributed by atoms with Gasteiger partial charge in [-0.1, -0.05) is 19.3 Å². The van der Waals surface area contributed by atoms with Gasteiger partial charge in [-0.3, -0.25) is 14.5 Å². The van der Waals surface area contributed by atoms with E-state index in [1.807, 2.05) is 0 Å². The van der Waals surface area contributed by atoms with Crippen LogP contribution >= 0.6 is 11.3 Å². The average Bonchev–Trinajstić information content (AvgIpc) is 3.11. The van der Waals surface area contributed by atoms with Crippen LogP contribution in [0.2, 0.25) is 0 Å². The van der Waals surface area contributed by atoms with Crippen LogP contribution in [-0.4, -0.2) is 56.6 Å². The van der Waals surface area contributed by atoms with Gasteiger partial charge in [-0.2, -0.15) is 0 Å². The third-order valence-corrected chi connectivity index (χ3v) is 8.19. The minimum atomic E-state index is -0.0928. The van der Waals surface area contributed by atoms with Crippen molar-refractivity contribution in [2.75, 3.05) is 45.2 Å². The Morgan fingerprint density at radius 2 is 1.90 bits per heavy atom. The Balaban J connectivity index is 1.41. The maximum atomic E-state index is 12.9. The number of nitrogens with one attached hydrogen (secondary N) is 2. The quantitative estimate of drug-likeness (QED) is 0.646. The number of likely N-dealkylation sites (tertiary alicyclic amines) is 1. The predicted molar refractivity (Wildman–Crippen MR) is 120 cm³/mol. The Morgan fingerprint density at radius 1 is 1.10 bits per heavy atom. The van der Waals surface area contributed by atoms with E-state index >= 15 is 0 Å². The van der Waals surface area contributed by atoms with Crippen LogP contribution in [-0.2, 0) is 22.4 Å². The number of amides is 2. The van der Waals surface area contributed by atoms with Gasteiger partial charge in [0.1, 0.15) is 5.00 Å². The first-order valence-corrected chi connectivity index (χ1v) is 12.4. The Hall–Kier alpha value is -1.44. The molecule has 0 spiro atoms. The molecule has 2 atom stereocenters. The fourth-order valence-corrected chi connectivity index (χ4v) is 6.74. The van der Waals surface area contributed by atoms with E-state index in [-0.39, 0.29) is 11.8 Å². The van der Waals surface area contributed by atoms with Gasteiger partial charge in [-0.25, -0.2) is 0 Å². The van der Waals surface area contributed by atoms with Crippen molar-refractivity contribution in [3.63, 3.8) is 0 Å².